The van der Waals surface area contributed by atoms with E-state index >= 15 is 0 Å². The summed E-state index contributed by atoms with van der Waals surface area (Å²) in [4.78, 5) is 23.3. The molecule has 1 aromatic heterocycles. The van der Waals surface area contributed by atoms with Gasteiger partial charge in [0.15, 0.2) is 0 Å². The standard InChI is InChI=1S/C16H15NO4/c1-8-4-5-12-9(6-8)13-11(16(2,3)21-12)7-10(14(17)18)15(19)20-13/h4-7H,1-3H3,(H2,17,18). The zero-order valence-corrected chi connectivity index (χ0v) is 12.0. The van der Waals surface area contributed by atoms with Crippen molar-refractivity contribution < 1.29 is 13.9 Å². The largest absolute Gasteiger partial charge is 0.482 e. The summed E-state index contributed by atoms with van der Waals surface area (Å²) in [6.07, 6.45) is 0. The first-order valence-electron chi connectivity index (χ1n) is 6.58. The summed E-state index contributed by atoms with van der Waals surface area (Å²) in [5.41, 5.74) is 5.95. The lowest BCUT2D eigenvalue weighted by Gasteiger charge is -2.33. The van der Waals surface area contributed by atoms with E-state index in [0.717, 1.165) is 5.56 Å². The summed E-state index contributed by atoms with van der Waals surface area (Å²) in [7, 11) is 0. The highest BCUT2D eigenvalue weighted by atomic mass is 16.5. The Balaban J connectivity index is 2.37. The number of ether oxygens (including phenoxy) is 1. The van der Waals surface area contributed by atoms with Gasteiger partial charge in [-0.3, -0.25) is 4.79 Å². The lowest BCUT2D eigenvalue weighted by molar-refractivity contribution is 0.0976. The van der Waals surface area contributed by atoms with E-state index in [4.69, 9.17) is 14.9 Å². The molecule has 108 valence electrons. The van der Waals surface area contributed by atoms with E-state index in [-0.39, 0.29) is 5.56 Å². The van der Waals surface area contributed by atoms with Gasteiger partial charge in [0.25, 0.3) is 5.91 Å². The maximum absolute atomic E-state index is 11.9. The fourth-order valence-electron chi connectivity index (χ4n) is 2.53. The quantitative estimate of drug-likeness (QED) is 0.871. The van der Waals surface area contributed by atoms with Gasteiger partial charge in [-0.25, -0.2) is 4.79 Å². The molecule has 1 amide bonds. The van der Waals surface area contributed by atoms with Crippen molar-refractivity contribution in [1.82, 2.24) is 0 Å². The summed E-state index contributed by atoms with van der Waals surface area (Å²) >= 11 is 0. The predicted octanol–water partition coefficient (Wildman–Crippen LogP) is 2.34. The average Bonchev–Trinajstić information content (AvgIpc) is 2.38. The molecule has 1 aliphatic heterocycles. The number of amides is 1. The van der Waals surface area contributed by atoms with Crippen molar-refractivity contribution in [2.45, 2.75) is 26.4 Å². The maximum Gasteiger partial charge on any atom is 0.349 e. The van der Waals surface area contributed by atoms with E-state index in [0.29, 0.717) is 22.6 Å². The topological polar surface area (TPSA) is 82.5 Å². The second-order valence-electron chi connectivity index (χ2n) is 5.67. The highest BCUT2D eigenvalue weighted by molar-refractivity contribution is 5.93. The van der Waals surface area contributed by atoms with E-state index in [2.05, 4.69) is 0 Å². The van der Waals surface area contributed by atoms with Crippen molar-refractivity contribution in [3.8, 4) is 17.1 Å². The van der Waals surface area contributed by atoms with Crippen LogP contribution in [0.5, 0.6) is 5.75 Å². The number of hydrogen-bond donors (Lipinski definition) is 1. The average molecular weight is 285 g/mol. The maximum atomic E-state index is 11.9. The van der Waals surface area contributed by atoms with Crippen molar-refractivity contribution in [3.05, 3.63) is 51.4 Å². The highest BCUT2D eigenvalue weighted by Gasteiger charge is 2.36. The number of aryl methyl sites for hydroxylation is 1. The van der Waals surface area contributed by atoms with Gasteiger partial charge in [0.05, 0.1) is 5.56 Å². The molecule has 0 saturated heterocycles. The fourth-order valence-corrected chi connectivity index (χ4v) is 2.53. The Morgan fingerprint density at radius 3 is 2.62 bits per heavy atom. The number of rotatable bonds is 1. The zero-order chi connectivity index (χ0) is 15.4. The first-order valence-corrected chi connectivity index (χ1v) is 6.58. The van der Waals surface area contributed by atoms with Crippen LogP contribution in [0, 0.1) is 6.92 Å². The van der Waals surface area contributed by atoms with Gasteiger partial charge in [0.1, 0.15) is 22.7 Å². The van der Waals surface area contributed by atoms with Crippen LogP contribution in [0.3, 0.4) is 0 Å². The summed E-state index contributed by atoms with van der Waals surface area (Å²) in [6, 6.07) is 7.12. The summed E-state index contributed by atoms with van der Waals surface area (Å²) in [5, 5.41) is 0. The Hall–Kier alpha value is -2.56. The normalized spacial score (nSPS) is 14.8. The molecule has 0 bridgehead atoms. The summed E-state index contributed by atoms with van der Waals surface area (Å²) in [5.74, 6) is 0.269. The molecule has 0 saturated carbocycles. The van der Waals surface area contributed by atoms with Gasteiger partial charge in [0, 0.05) is 5.56 Å². The van der Waals surface area contributed by atoms with Gasteiger partial charge in [-0.15, -0.1) is 0 Å². The number of benzene rings is 1. The molecule has 2 heterocycles. The third-order valence-corrected chi connectivity index (χ3v) is 3.61. The summed E-state index contributed by atoms with van der Waals surface area (Å²) < 4.78 is 11.3. The highest BCUT2D eigenvalue weighted by Crippen LogP contribution is 2.44. The number of primary amides is 1. The van der Waals surface area contributed by atoms with Crippen molar-refractivity contribution in [2.24, 2.45) is 5.73 Å². The molecular formula is C16H15NO4. The number of hydrogen-bond acceptors (Lipinski definition) is 4. The zero-order valence-electron chi connectivity index (χ0n) is 12.0. The molecule has 3 rings (SSSR count). The molecular weight excluding hydrogens is 270 g/mol. The van der Waals surface area contributed by atoms with Crippen LogP contribution in [0.1, 0.15) is 35.3 Å². The molecule has 1 aromatic carbocycles. The second kappa shape index (κ2) is 4.22. The van der Waals surface area contributed by atoms with Gasteiger partial charge < -0.3 is 14.9 Å². The first kappa shape index (κ1) is 13.4. The molecule has 0 aliphatic carbocycles. The molecule has 1 aliphatic rings. The van der Waals surface area contributed by atoms with E-state index in [1.165, 1.54) is 6.07 Å². The molecule has 0 fully saturated rings. The van der Waals surface area contributed by atoms with Gasteiger partial charge in [-0.05, 0) is 39.0 Å². The van der Waals surface area contributed by atoms with Crippen molar-refractivity contribution >= 4 is 5.91 Å². The third-order valence-electron chi connectivity index (χ3n) is 3.61. The molecule has 2 N–H and O–H groups in total. The lowest BCUT2D eigenvalue weighted by Crippen LogP contribution is -2.32. The summed E-state index contributed by atoms with van der Waals surface area (Å²) in [6.45, 7) is 5.63. The third kappa shape index (κ3) is 2.01. The Labute approximate surface area is 121 Å². The molecule has 2 aromatic rings. The predicted molar refractivity (Wildman–Crippen MR) is 77.3 cm³/mol. The Bertz CT molecular complexity index is 818. The van der Waals surface area contributed by atoms with Gasteiger partial charge in [-0.1, -0.05) is 11.6 Å². The number of carbonyl (C=O) groups is 1. The van der Waals surface area contributed by atoms with E-state index in [1.54, 1.807) is 0 Å². The molecule has 0 atom stereocenters. The van der Waals surface area contributed by atoms with Crippen molar-refractivity contribution in [3.63, 3.8) is 0 Å². The van der Waals surface area contributed by atoms with Gasteiger partial charge >= 0.3 is 5.63 Å². The minimum Gasteiger partial charge on any atom is -0.482 e. The van der Waals surface area contributed by atoms with Gasteiger partial charge in [0.2, 0.25) is 0 Å². The lowest BCUT2D eigenvalue weighted by atomic mass is 9.89. The SMILES string of the molecule is Cc1ccc2c(c1)-c1oc(=O)c(C(N)=O)cc1C(C)(C)O2. The van der Waals surface area contributed by atoms with Crippen LogP contribution in [0.25, 0.3) is 11.3 Å². The van der Waals surface area contributed by atoms with Crippen LogP contribution < -0.4 is 16.1 Å². The molecule has 0 spiro atoms. The molecule has 5 nitrogen and oxygen atoms in total. The van der Waals surface area contributed by atoms with E-state index in [9.17, 15) is 9.59 Å². The molecule has 0 unspecified atom stereocenters. The minimum atomic E-state index is -0.808. The fraction of sp³-hybridized carbons (Fsp3) is 0.250. The van der Waals surface area contributed by atoms with Crippen LogP contribution in [0.4, 0.5) is 0 Å². The van der Waals surface area contributed by atoms with Gasteiger partial charge in [-0.2, -0.15) is 0 Å². The van der Waals surface area contributed by atoms with Crippen molar-refractivity contribution in [1.29, 1.82) is 0 Å². The van der Waals surface area contributed by atoms with Crippen LogP contribution in [-0.4, -0.2) is 5.91 Å². The van der Waals surface area contributed by atoms with Crippen LogP contribution in [-0.2, 0) is 5.60 Å². The molecule has 0 radical (unpaired) electrons. The first-order chi connectivity index (χ1) is 9.79. The number of nitrogens with two attached hydrogens (primary N) is 1. The van der Waals surface area contributed by atoms with Crippen LogP contribution in [0.2, 0.25) is 0 Å². The Morgan fingerprint density at radius 1 is 1.24 bits per heavy atom. The molecule has 5 heteroatoms. The van der Waals surface area contributed by atoms with Crippen LogP contribution >= 0.6 is 0 Å². The van der Waals surface area contributed by atoms with Crippen LogP contribution in [0.15, 0.2) is 33.5 Å². The minimum absolute atomic E-state index is 0.165. The second-order valence-corrected chi connectivity index (χ2v) is 5.67. The Morgan fingerprint density at radius 2 is 1.95 bits per heavy atom. The van der Waals surface area contributed by atoms with E-state index in [1.807, 2.05) is 39.0 Å². The Kier molecular flexibility index (Phi) is 2.69. The van der Waals surface area contributed by atoms with Crippen molar-refractivity contribution in [2.75, 3.05) is 0 Å². The number of fused-ring (bicyclic) bond motifs is 3. The smallest absolute Gasteiger partial charge is 0.349 e. The molecule has 21 heavy (non-hydrogen) atoms. The monoisotopic (exact) mass is 285 g/mol. The van der Waals surface area contributed by atoms with E-state index < -0.39 is 17.1 Å². The number of carbonyl (C=O) groups excluding carboxylic acids is 1.